The third-order valence-corrected chi connectivity index (χ3v) is 3.89. The minimum absolute atomic E-state index is 0.188. The molecule has 1 unspecified atom stereocenters. The number of rotatable bonds is 4. The van der Waals surface area contributed by atoms with Crippen LogP contribution in [-0.4, -0.2) is 5.33 Å². The third-order valence-electron chi connectivity index (χ3n) is 2.88. The van der Waals surface area contributed by atoms with E-state index in [-0.39, 0.29) is 5.82 Å². The van der Waals surface area contributed by atoms with E-state index >= 15 is 0 Å². The van der Waals surface area contributed by atoms with Crippen LogP contribution in [0.15, 0.2) is 48.5 Å². The highest BCUT2D eigenvalue weighted by atomic mass is 79.9. The number of alkyl halides is 1. The Balaban J connectivity index is 2.19. The van der Waals surface area contributed by atoms with Gasteiger partial charge >= 0.3 is 0 Å². The first-order valence-electron chi connectivity index (χ1n) is 5.75. The zero-order valence-electron chi connectivity index (χ0n) is 9.74. The fourth-order valence-corrected chi connectivity index (χ4v) is 2.77. The summed E-state index contributed by atoms with van der Waals surface area (Å²) in [5.74, 6) is 0.109. The topological polar surface area (TPSA) is 0 Å². The van der Waals surface area contributed by atoms with Crippen LogP contribution in [0.3, 0.4) is 0 Å². The van der Waals surface area contributed by atoms with Crippen LogP contribution >= 0.6 is 27.5 Å². The maximum absolute atomic E-state index is 13.2. The van der Waals surface area contributed by atoms with Crippen molar-refractivity contribution in [3.05, 3.63) is 70.5 Å². The number of halogens is 3. The highest BCUT2D eigenvalue weighted by Gasteiger charge is 2.11. The number of benzene rings is 2. The summed E-state index contributed by atoms with van der Waals surface area (Å²) in [5.41, 5.74) is 2.17. The quantitative estimate of drug-likeness (QED) is 0.677. The van der Waals surface area contributed by atoms with E-state index in [1.807, 2.05) is 24.3 Å². The Morgan fingerprint density at radius 1 is 1.11 bits per heavy atom. The van der Waals surface area contributed by atoms with Crippen molar-refractivity contribution in [1.29, 1.82) is 0 Å². The molecule has 2 rings (SSSR count). The molecule has 0 saturated heterocycles. The van der Waals surface area contributed by atoms with Gasteiger partial charge in [0.15, 0.2) is 0 Å². The van der Waals surface area contributed by atoms with Crippen molar-refractivity contribution in [2.45, 2.75) is 12.3 Å². The van der Waals surface area contributed by atoms with Crippen LogP contribution in [0.4, 0.5) is 4.39 Å². The minimum Gasteiger partial charge on any atom is -0.207 e. The zero-order chi connectivity index (χ0) is 13.0. The van der Waals surface area contributed by atoms with Gasteiger partial charge in [-0.05, 0) is 47.7 Å². The smallest absolute Gasteiger partial charge is 0.123 e. The highest BCUT2D eigenvalue weighted by molar-refractivity contribution is 9.09. The van der Waals surface area contributed by atoms with E-state index in [2.05, 4.69) is 22.0 Å². The Bertz CT molecular complexity index is 527. The fraction of sp³-hybridized carbons (Fsp3) is 0.200. The maximum atomic E-state index is 13.2. The SMILES string of the molecule is Fc1cccc(CC(CBr)c2cccc(Cl)c2)c1. The average molecular weight is 328 g/mol. The van der Waals surface area contributed by atoms with Crippen LogP contribution in [0, 0.1) is 5.82 Å². The molecule has 1 atom stereocenters. The van der Waals surface area contributed by atoms with Crippen LogP contribution in [0.1, 0.15) is 17.0 Å². The van der Waals surface area contributed by atoms with Gasteiger partial charge in [0.2, 0.25) is 0 Å². The van der Waals surface area contributed by atoms with Gasteiger partial charge in [-0.1, -0.05) is 51.8 Å². The van der Waals surface area contributed by atoms with Crippen LogP contribution < -0.4 is 0 Å². The van der Waals surface area contributed by atoms with Gasteiger partial charge in [0.25, 0.3) is 0 Å². The monoisotopic (exact) mass is 326 g/mol. The third kappa shape index (κ3) is 3.56. The van der Waals surface area contributed by atoms with E-state index in [1.54, 1.807) is 12.1 Å². The second kappa shape index (κ2) is 6.35. The molecule has 0 aliphatic rings. The molecule has 0 aromatic heterocycles. The second-order valence-corrected chi connectivity index (χ2v) is 5.32. The van der Waals surface area contributed by atoms with Crippen LogP contribution in [0.25, 0.3) is 0 Å². The molecule has 18 heavy (non-hydrogen) atoms. The zero-order valence-corrected chi connectivity index (χ0v) is 12.1. The molecular weight excluding hydrogens is 315 g/mol. The summed E-state index contributed by atoms with van der Waals surface area (Å²) in [7, 11) is 0. The normalized spacial score (nSPS) is 12.4. The molecule has 0 fully saturated rings. The largest absolute Gasteiger partial charge is 0.207 e. The van der Waals surface area contributed by atoms with Crippen molar-refractivity contribution in [2.75, 3.05) is 5.33 Å². The molecule has 94 valence electrons. The van der Waals surface area contributed by atoms with E-state index in [4.69, 9.17) is 11.6 Å². The number of hydrogen-bond donors (Lipinski definition) is 0. The molecule has 0 amide bonds. The molecule has 0 N–H and O–H groups in total. The Morgan fingerprint density at radius 2 is 1.89 bits per heavy atom. The molecular formula is C15H13BrClF. The predicted molar refractivity (Wildman–Crippen MR) is 78.1 cm³/mol. The lowest BCUT2D eigenvalue weighted by molar-refractivity contribution is 0.623. The molecule has 2 aromatic rings. The van der Waals surface area contributed by atoms with Crippen LogP contribution in [0.5, 0.6) is 0 Å². The summed E-state index contributed by atoms with van der Waals surface area (Å²) in [6.45, 7) is 0. The summed E-state index contributed by atoms with van der Waals surface area (Å²) in [4.78, 5) is 0. The lowest BCUT2D eigenvalue weighted by Gasteiger charge is -2.15. The summed E-state index contributed by atoms with van der Waals surface area (Å²) in [6, 6.07) is 14.6. The molecule has 0 radical (unpaired) electrons. The van der Waals surface area contributed by atoms with E-state index in [0.717, 1.165) is 22.3 Å². The first-order chi connectivity index (χ1) is 8.69. The molecule has 2 aromatic carbocycles. The van der Waals surface area contributed by atoms with E-state index in [0.29, 0.717) is 5.92 Å². The van der Waals surface area contributed by atoms with Gasteiger partial charge in [-0.15, -0.1) is 0 Å². The van der Waals surface area contributed by atoms with Crippen LogP contribution in [0.2, 0.25) is 5.02 Å². The van der Waals surface area contributed by atoms with E-state index in [9.17, 15) is 4.39 Å². The van der Waals surface area contributed by atoms with Crippen molar-refractivity contribution in [1.82, 2.24) is 0 Å². The molecule has 3 heteroatoms. The van der Waals surface area contributed by atoms with Crippen molar-refractivity contribution in [3.8, 4) is 0 Å². The molecule has 0 heterocycles. The molecule has 0 aliphatic carbocycles. The lowest BCUT2D eigenvalue weighted by atomic mass is 9.94. The molecule has 0 aliphatic heterocycles. The van der Waals surface area contributed by atoms with Gasteiger partial charge in [-0.2, -0.15) is 0 Å². The van der Waals surface area contributed by atoms with Gasteiger partial charge in [0.05, 0.1) is 0 Å². The Labute approximate surface area is 120 Å². The predicted octanol–water partition coefficient (Wildman–Crippen LogP) is 5.20. The van der Waals surface area contributed by atoms with E-state index < -0.39 is 0 Å². The molecule has 0 nitrogen and oxygen atoms in total. The fourth-order valence-electron chi connectivity index (χ4n) is 1.97. The van der Waals surface area contributed by atoms with Gasteiger partial charge in [-0.3, -0.25) is 0 Å². The highest BCUT2D eigenvalue weighted by Crippen LogP contribution is 2.25. The summed E-state index contributed by atoms with van der Waals surface area (Å²) in [5, 5.41) is 1.56. The summed E-state index contributed by atoms with van der Waals surface area (Å²) < 4.78 is 13.2. The molecule has 0 bridgehead atoms. The van der Waals surface area contributed by atoms with Crippen molar-refractivity contribution >= 4 is 27.5 Å². The van der Waals surface area contributed by atoms with Gasteiger partial charge in [0.1, 0.15) is 5.82 Å². The first kappa shape index (κ1) is 13.6. The number of hydrogen-bond acceptors (Lipinski definition) is 0. The molecule has 0 saturated carbocycles. The van der Waals surface area contributed by atoms with Crippen molar-refractivity contribution in [3.63, 3.8) is 0 Å². The van der Waals surface area contributed by atoms with Gasteiger partial charge in [0, 0.05) is 10.4 Å². The average Bonchev–Trinajstić information content (AvgIpc) is 2.36. The van der Waals surface area contributed by atoms with Crippen LogP contribution in [-0.2, 0) is 6.42 Å². The summed E-state index contributed by atoms with van der Waals surface area (Å²) in [6.07, 6.45) is 0.795. The van der Waals surface area contributed by atoms with Gasteiger partial charge in [-0.25, -0.2) is 4.39 Å². The minimum atomic E-state index is -0.188. The maximum Gasteiger partial charge on any atom is 0.123 e. The second-order valence-electron chi connectivity index (χ2n) is 4.24. The Morgan fingerprint density at radius 3 is 2.56 bits per heavy atom. The Kier molecular flexibility index (Phi) is 4.79. The van der Waals surface area contributed by atoms with E-state index in [1.165, 1.54) is 11.6 Å². The molecule has 0 spiro atoms. The Hall–Kier alpha value is -0.860. The summed E-state index contributed by atoms with van der Waals surface area (Å²) >= 11 is 9.52. The standard InChI is InChI=1S/C15H13BrClF/c16-10-13(12-4-2-5-14(17)9-12)7-11-3-1-6-15(18)8-11/h1-6,8-9,13H,7,10H2. The van der Waals surface area contributed by atoms with Gasteiger partial charge < -0.3 is 0 Å². The first-order valence-corrected chi connectivity index (χ1v) is 7.25. The van der Waals surface area contributed by atoms with Crippen molar-refractivity contribution in [2.24, 2.45) is 0 Å². The lowest BCUT2D eigenvalue weighted by Crippen LogP contribution is -2.04. The van der Waals surface area contributed by atoms with Crippen molar-refractivity contribution < 1.29 is 4.39 Å².